The van der Waals surface area contributed by atoms with Crippen molar-refractivity contribution < 1.29 is 9.53 Å². The van der Waals surface area contributed by atoms with Crippen molar-refractivity contribution in [2.45, 2.75) is 52.6 Å². The lowest BCUT2D eigenvalue weighted by Crippen LogP contribution is -2.30. The highest BCUT2D eigenvalue weighted by atomic mass is 16.6. The van der Waals surface area contributed by atoms with Crippen LogP contribution in [0.4, 0.5) is 0 Å². The van der Waals surface area contributed by atoms with Gasteiger partial charge in [0.15, 0.2) is 0 Å². The van der Waals surface area contributed by atoms with Gasteiger partial charge in [0.05, 0.1) is 12.0 Å². The highest BCUT2D eigenvalue weighted by Crippen LogP contribution is 2.30. The maximum Gasteiger partial charge on any atom is 0.314 e. The minimum atomic E-state index is -0.521. The molecule has 0 amide bonds. The van der Waals surface area contributed by atoms with Gasteiger partial charge in [-0.2, -0.15) is 5.26 Å². The van der Waals surface area contributed by atoms with Gasteiger partial charge in [-0.05, 0) is 39.2 Å². The molecule has 0 aliphatic heterocycles. The van der Waals surface area contributed by atoms with Crippen LogP contribution in [-0.4, -0.2) is 11.6 Å². The fourth-order valence-corrected chi connectivity index (χ4v) is 2.10. The number of ether oxygens (including phenoxy) is 1. The predicted octanol–water partition coefficient (Wildman–Crippen LogP) is 3.97. The summed E-state index contributed by atoms with van der Waals surface area (Å²) in [6, 6.07) is 9.98. The second kappa shape index (κ2) is 6.56. The minimum Gasteiger partial charge on any atom is -0.459 e. The van der Waals surface area contributed by atoms with Crippen LogP contribution in [0.3, 0.4) is 0 Å². The van der Waals surface area contributed by atoms with E-state index in [1.165, 1.54) is 0 Å². The fourth-order valence-electron chi connectivity index (χ4n) is 2.10. The monoisotopic (exact) mass is 273 g/mol. The van der Waals surface area contributed by atoms with Gasteiger partial charge in [0.1, 0.15) is 5.60 Å². The van der Waals surface area contributed by atoms with Crippen molar-refractivity contribution in [2.75, 3.05) is 0 Å². The Morgan fingerprint density at radius 2 is 1.85 bits per heavy atom. The molecular formula is C17H23NO2. The standard InChI is InChI=1S/C17H23NO2/c1-12-6-8-14(9-7-12)15(13(2)10-11-18)16(19)20-17(3,4)5/h6-9,13,15H,10H2,1-5H3. The molecule has 0 spiro atoms. The number of benzene rings is 1. The van der Waals surface area contributed by atoms with Gasteiger partial charge in [0.2, 0.25) is 0 Å². The molecule has 0 aromatic heterocycles. The molecule has 0 saturated carbocycles. The second-order valence-corrected chi connectivity index (χ2v) is 6.26. The number of rotatable bonds is 4. The lowest BCUT2D eigenvalue weighted by molar-refractivity contribution is -0.158. The van der Waals surface area contributed by atoms with Gasteiger partial charge in [-0.25, -0.2) is 0 Å². The summed E-state index contributed by atoms with van der Waals surface area (Å²) in [5.74, 6) is -0.726. The molecule has 3 heteroatoms. The van der Waals surface area contributed by atoms with E-state index in [2.05, 4.69) is 6.07 Å². The normalized spacial score (nSPS) is 14.2. The highest BCUT2D eigenvalue weighted by Gasteiger charge is 2.31. The molecule has 3 nitrogen and oxygen atoms in total. The molecule has 0 bridgehead atoms. The van der Waals surface area contributed by atoms with E-state index in [0.29, 0.717) is 6.42 Å². The molecule has 1 aromatic rings. The van der Waals surface area contributed by atoms with E-state index in [4.69, 9.17) is 10.00 Å². The van der Waals surface area contributed by atoms with E-state index in [1.54, 1.807) is 0 Å². The van der Waals surface area contributed by atoms with Gasteiger partial charge in [0, 0.05) is 6.42 Å². The zero-order chi connectivity index (χ0) is 15.3. The Morgan fingerprint density at radius 1 is 1.30 bits per heavy atom. The third-order valence-electron chi connectivity index (χ3n) is 3.08. The predicted molar refractivity (Wildman–Crippen MR) is 79.2 cm³/mol. The van der Waals surface area contributed by atoms with E-state index in [0.717, 1.165) is 11.1 Å². The zero-order valence-electron chi connectivity index (χ0n) is 12.9. The zero-order valence-corrected chi connectivity index (χ0v) is 12.9. The first-order valence-corrected chi connectivity index (χ1v) is 6.91. The molecule has 2 atom stereocenters. The molecule has 0 N–H and O–H groups in total. The summed E-state index contributed by atoms with van der Waals surface area (Å²) in [7, 11) is 0. The van der Waals surface area contributed by atoms with Crippen LogP contribution in [0.5, 0.6) is 0 Å². The Morgan fingerprint density at radius 3 is 2.30 bits per heavy atom. The quantitative estimate of drug-likeness (QED) is 0.780. The van der Waals surface area contributed by atoms with E-state index < -0.39 is 11.5 Å². The van der Waals surface area contributed by atoms with Crippen LogP contribution in [0, 0.1) is 24.2 Å². The first kappa shape index (κ1) is 16.2. The lowest BCUT2D eigenvalue weighted by atomic mass is 9.85. The summed E-state index contributed by atoms with van der Waals surface area (Å²) in [4.78, 5) is 12.4. The van der Waals surface area contributed by atoms with Crippen LogP contribution in [0.25, 0.3) is 0 Å². The van der Waals surface area contributed by atoms with Crippen molar-refractivity contribution in [3.05, 3.63) is 35.4 Å². The average Bonchev–Trinajstić information content (AvgIpc) is 2.30. The van der Waals surface area contributed by atoms with Crippen molar-refractivity contribution in [3.63, 3.8) is 0 Å². The number of nitrogens with zero attached hydrogens (tertiary/aromatic N) is 1. The van der Waals surface area contributed by atoms with Crippen molar-refractivity contribution in [1.82, 2.24) is 0 Å². The Balaban J connectivity index is 3.05. The summed E-state index contributed by atoms with van der Waals surface area (Å²) in [5, 5.41) is 8.89. The smallest absolute Gasteiger partial charge is 0.314 e. The molecule has 0 heterocycles. The number of hydrogen-bond acceptors (Lipinski definition) is 3. The maximum atomic E-state index is 12.4. The van der Waals surface area contributed by atoms with E-state index >= 15 is 0 Å². The van der Waals surface area contributed by atoms with Crippen LogP contribution in [-0.2, 0) is 9.53 Å². The molecule has 0 saturated heterocycles. The third-order valence-corrected chi connectivity index (χ3v) is 3.08. The summed E-state index contributed by atoms with van der Waals surface area (Å²) in [6.07, 6.45) is 0.331. The van der Waals surface area contributed by atoms with E-state index in [1.807, 2.05) is 58.9 Å². The van der Waals surface area contributed by atoms with Gasteiger partial charge in [-0.15, -0.1) is 0 Å². The highest BCUT2D eigenvalue weighted by molar-refractivity contribution is 5.79. The van der Waals surface area contributed by atoms with Crippen LogP contribution in [0.15, 0.2) is 24.3 Å². The van der Waals surface area contributed by atoms with Crippen LogP contribution in [0.1, 0.15) is 51.2 Å². The first-order chi connectivity index (χ1) is 9.24. The number of carbonyl (C=O) groups excluding carboxylic acids is 1. The van der Waals surface area contributed by atoms with Crippen molar-refractivity contribution in [1.29, 1.82) is 5.26 Å². The molecule has 0 fully saturated rings. The SMILES string of the molecule is Cc1ccc(C(C(=O)OC(C)(C)C)C(C)CC#N)cc1. The Labute approximate surface area is 121 Å². The van der Waals surface area contributed by atoms with Gasteiger partial charge in [-0.3, -0.25) is 4.79 Å². The molecule has 0 aliphatic rings. The largest absolute Gasteiger partial charge is 0.459 e. The number of hydrogen-bond donors (Lipinski definition) is 0. The third kappa shape index (κ3) is 4.70. The van der Waals surface area contributed by atoms with E-state index in [9.17, 15) is 4.79 Å². The summed E-state index contributed by atoms with van der Waals surface area (Å²) < 4.78 is 5.50. The Kier molecular flexibility index (Phi) is 5.33. The molecule has 1 rings (SSSR count). The van der Waals surface area contributed by atoms with Crippen molar-refractivity contribution in [2.24, 2.45) is 5.92 Å². The van der Waals surface area contributed by atoms with Crippen LogP contribution in [0.2, 0.25) is 0 Å². The van der Waals surface area contributed by atoms with Crippen LogP contribution >= 0.6 is 0 Å². The van der Waals surface area contributed by atoms with Crippen molar-refractivity contribution >= 4 is 5.97 Å². The minimum absolute atomic E-state index is 0.0717. The maximum absolute atomic E-state index is 12.4. The lowest BCUT2D eigenvalue weighted by Gasteiger charge is -2.27. The Hall–Kier alpha value is -1.82. The summed E-state index contributed by atoms with van der Waals surface area (Å²) in [5.41, 5.74) is 1.53. The summed E-state index contributed by atoms with van der Waals surface area (Å²) >= 11 is 0. The average molecular weight is 273 g/mol. The first-order valence-electron chi connectivity index (χ1n) is 6.91. The molecule has 20 heavy (non-hydrogen) atoms. The summed E-state index contributed by atoms with van der Waals surface area (Å²) in [6.45, 7) is 9.48. The number of carbonyl (C=O) groups is 1. The molecular weight excluding hydrogens is 250 g/mol. The van der Waals surface area contributed by atoms with Crippen LogP contribution < -0.4 is 0 Å². The Bertz CT molecular complexity index is 491. The number of nitriles is 1. The van der Waals surface area contributed by atoms with Gasteiger partial charge in [0.25, 0.3) is 0 Å². The molecule has 2 unspecified atom stereocenters. The van der Waals surface area contributed by atoms with E-state index in [-0.39, 0.29) is 11.9 Å². The topological polar surface area (TPSA) is 50.1 Å². The molecule has 108 valence electrons. The van der Waals surface area contributed by atoms with Gasteiger partial charge < -0.3 is 4.74 Å². The second-order valence-electron chi connectivity index (χ2n) is 6.26. The molecule has 1 aromatic carbocycles. The fraction of sp³-hybridized carbons (Fsp3) is 0.529. The van der Waals surface area contributed by atoms with Gasteiger partial charge >= 0.3 is 5.97 Å². The molecule has 0 radical (unpaired) electrons. The number of esters is 1. The number of aryl methyl sites for hydroxylation is 1. The van der Waals surface area contributed by atoms with Gasteiger partial charge in [-0.1, -0.05) is 36.8 Å². The van der Waals surface area contributed by atoms with Crippen molar-refractivity contribution in [3.8, 4) is 6.07 Å². The molecule has 0 aliphatic carbocycles.